The number of hydrogen-bond acceptors (Lipinski definition) is 6. The molecule has 1 atom stereocenters. The summed E-state index contributed by atoms with van der Waals surface area (Å²) < 4.78 is 10.7. The number of hydrogen-bond donors (Lipinski definition) is 1. The van der Waals surface area contributed by atoms with Gasteiger partial charge in [0.15, 0.2) is 5.82 Å². The lowest BCUT2D eigenvalue weighted by molar-refractivity contribution is -0.117. The highest BCUT2D eigenvalue weighted by atomic mass is 16.5. The van der Waals surface area contributed by atoms with Gasteiger partial charge in [-0.3, -0.25) is 4.79 Å². The summed E-state index contributed by atoms with van der Waals surface area (Å²) in [5, 5.41) is 7.34. The number of anilines is 2. The van der Waals surface area contributed by atoms with E-state index < -0.39 is 0 Å². The Morgan fingerprint density at radius 3 is 2.96 bits per heavy atom. The number of methoxy groups -OCH3 is 1. The highest BCUT2D eigenvalue weighted by molar-refractivity contribution is 5.97. The Morgan fingerprint density at radius 1 is 1.44 bits per heavy atom. The van der Waals surface area contributed by atoms with E-state index in [-0.39, 0.29) is 11.9 Å². The monoisotopic (exact) mass is 344 g/mol. The lowest BCUT2D eigenvalue weighted by Gasteiger charge is -2.21. The number of amides is 1. The van der Waals surface area contributed by atoms with Gasteiger partial charge in [-0.15, -0.1) is 0 Å². The second-order valence-corrected chi connectivity index (χ2v) is 6.20. The Kier molecular flexibility index (Phi) is 5.21. The Hall–Kier alpha value is -2.57. The maximum Gasteiger partial charge on any atom is 0.248 e. The van der Waals surface area contributed by atoms with Gasteiger partial charge in [0.1, 0.15) is 11.8 Å². The summed E-state index contributed by atoms with van der Waals surface area (Å²) in [6, 6.07) is 5.59. The van der Waals surface area contributed by atoms with Crippen LogP contribution < -0.4 is 15.0 Å². The molecule has 1 saturated heterocycles. The second-order valence-electron chi connectivity index (χ2n) is 6.20. The van der Waals surface area contributed by atoms with Gasteiger partial charge in [-0.2, -0.15) is 4.98 Å². The number of benzene rings is 1. The Morgan fingerprint density at radius 2 is 2.28 bits per heavy atom. The number of aromatic nitrogens is 2. The SMILES string of the molecule is CCCc1noc([C@H](C)Nc2ccc(OC)c(N3CCCC3=O)c2)n1. The van der Waals surface area contributed by atoms with Crippen molar-refractivity contribution in [3.8, 4) is 5.75 Å². The summed E-state index contributed by atoms with van der Waals surface area (Å²) in [6.07, 6.45) is 3.24. The summed E-state index contributed by atoms with van der Waals surface area (Å²) in [5.41, 5.74) is 1.66. The molecule has 1 aromatic heterocycles. The van der Waals surface area contributed by atoms with E-state index in [1.165, 1.54) is 0 Å². The molecule has 2 heterocycles. The van der Waals surface area contributed by atoms with E-state index in [0.29, 0.717) is 18.1 Å². The van der Waals surface area contributed by atoms with Gasteiger partial charge in [0.25, 0.3) is 0 Å². The third-order valence-corrected chi connectivity index (χ3v) is 4.25. The first-order valence-corrected chi connectivity index (χ1v) is 8.69. The van der Waals surface area contributed by atoms with Crippen LogP contribution >= 0.6 is 0 Å². The van der Waals surface area contributed by atoms with Gasteiger partial charge in [0, 0.05) is 25.1 Å². The minimum atomic E-state index is -0.131. The first kappa shape index (κ1) is 17.3. The molecule has 1 aliphatic heterocycles. The molecule has 1 aliphatic rings. The van der Waals surface area contributed by atoms with Crippen LogP contribution in [-0.4, -0.2) is 29.7 Å². The number of nitrogens with zero attached hydrogens (tertiary/aromatic N) is 3. The zero-order valence-electron chi connectivity index (χ0n) is 14.9. The average Bonchev–Trinajstić information content (AvgIpc) is 3.24. The first-order chi connectivity index (χ1) is 12.1. The van der Waals surface area contributed by atoms with Crippen LogP contribution in [0.2, 0.25) is 0 Å². The normalized spacial score (nSPS) is 15.5. The maximum atomic E-state index is 12.1. The van der Waals surface area contributed by atoms with Crippen molar-refractivity contribution >= 4 is 17.3 Å². The molecule has 2 aromatic rings. The predicted molar refractivity (Wildman–Crippen MR) is 94.9 cm³/mol. The molecule has 0 unspecified atom stereocenters. The first-order valence-electron chi connectivity index (χ1n) is 8.69. The summed E-state index contributed by atoms with van der Waals surface area (Å²) in [5.74, 6) is 2.10. The molecule has 134 valence electrons. The maximum absolute atomic E-state index is 12.1. The van der Waals surface area contributed by atoms with Crippen molar-refractivity contribution in [1.82, 2.24) is 10.1 Å². The fraction of sp³-hybridized carbons (Fsp3) is 0.500. The molecule has 1 amide bonds. The number of carbonyl (C=O) groups is 1. The van der Waals surface area contributed by atoms with Crippen LogP contribution in [0.25, 0.3) is 0 Å². The van der Waals surface area contributed by atoms with Crippen LogP contribution in [0.4, 0.5) is 11.4 Å². The molecule has 7 nitrogen and oxygen atoms in total. The van der Waals surface area contributed by atoms with E-state index in [9.17, 15) is 4.79 Å². The minimum absolute atomic E-state index is 0.129. The Bertz CT molecular complexity index is 744. The third kappa shape index (κ3) is 3.75. The summed E-state index contributed by atoms with van der Waals surface area (Å²) in [4.78, 5) is 18.3. The van der Waals surface area contributed by atoms with E-state index in [2.05, 4.69) is 22.4 Å². The zero-order valence-corrected chi connectivity index (χ0v) is 14.9. The smallest absolute Gasteiger partial charge is 0.248 e. The van der Waals surface area contributed by atoms with Crippen LogP contribution in [0.15, 0.2) is 22.7 Å². The third-order valence-electron chi connectivity index (χ3n) is 4.25. The molecule has 0 aliphatic carbocycles. The van der Waals surface area contributed by atoms with Crippen LogP contribution in [0.1, 0.15) is 50.9 Å². The van der Waals surface area contributed by atoms with E-state index in [1.54, 1.807) is 12.0 Å². The van der Waals surface area contributed by atoms with E-state index >= 15 is 0 Å². The van der Waals surface area contributed by atoms with E-state index in [4.69, 9.17) is 9.26 Å². The number of nitrogens with one attached hydrogen (secondary N) is 1. The van der Waals surface area contributed by atoms with Crippen molar-refractivity contribution in [3.05, 3.63) is 29.9 Å². The fourth-order valence-corrected chi connectivity index (χ4v) is 2.97. The van der Waals surface area contributed by atoms with Crippen molar-refractivity contribution in [3.63, 3.8) is 0 Å². The zero-order chi connectivity index (χ0) is 17.8. The van der Waals surface area contributed by atoms with Crippen LogP contribution in [0, 0.1) is 0 Å². The molecule has 1 N–H and O–H groups in total. The molecular formula is C18H24N4O3. The van der Waals surface area contributed by atoms with E-state index in [0.717, 1.165) is 43.0 Å². The fourth-order valence-electron chi connectivity index (χ4n) is 2.97. The number of aryl methyl sites for hydroxylation is 1. The lowest BCUT2D eigenvalue weighted by Crippen LogP contribution is -2.24. The quantitative estimate of drug-likeness (QED) is 0.830. The highest BCUT2D eigenvalue weighted by Crippen LogP contribution is 2.34. The van der Waals surface area contributed by atoms with Gasteiger partial charge in [-0.05, 0) is 38.0 Å². The molecule has 1 fully saturated rings. The van der Waals surface area contributed by atoms with Crippen LogP contribution in [-0.2, 0) is 11.2 Å². The van der Waals surface area contributed by atoms with Gasteiger partial charge in [-0.25, -0.2) is 0 Å². The molecule has 1 aromatic carbocycles. The Labute approximate surface area is 147 Å². The largest absolute Gasteiger partial charge is 0.495 e. The van der Waals surface area contributed by atoms with Crippen molar-refractivity contribution in [2.24, 2.45) is 0 Å². The predicted octanol–water partition coefficient (Wildman–Crippen LogP) is 3.33. The van der Waals surface area contributed by atoms with Crippen LogP contribution in [0.3, 0.4) is 0 Å². The summed E-state index contributed by atoms with van der Waals surface area (Å²) in [6.45, 7) is 4.77. The molecule has 0 spiro atoms. The Balaban J connectivity index is 1.78. The molecule has 0 bridgehead atoms. The van der Waals surface area contributed by atoms with E-state index in [1.807, 2.05) is 25.1 Å². The molecular weight excluding hydrogens is 320 g/mol. The number of rotatable bonds is 7. The van der Waals surface area contributed by atoms with Crippen LogP contribution in [0.5, 0.6) is 5.75 Å². The molecule has 0 radical (unpaired) electrons. The second kappa shape index (κ2) is 7.55. The van der Waals surface area contributed by atoms with Crippen molar-refractivity contribution in [2.75, 3.05) is 23.9 Å². The van der Waals surface area contributed by atoms with Gasteiger partial charge in [0.2, 0.25) is 11.8 Å². The molecule has 25 heavy (non-hydrogen) atoms. The van der Waals surface area contributed by atoms with Crippen molar-refractivity contribution < 1.29 is 14.1 Å². The lowest BCUT2D eigenvalue weighted by atomic mass is 10.2. The standard InChI is InChI=1S/C18H24N4O3/c1-4-6-16-20-18(25-21-16)12(2)19-13-8-9-15(24-3)14(11-13)22-10-5-7-17(22)23/h8-9,11-12,19H,4-7,10H2,1-3H3/t12-/m0/s1. The molecule has 0 saturated carbocycles. The number of carbonyl (C=O) groups excluding carboxylic acids is 1. The average molecular weight is 344 g/mol. The topological polar surface area (TPSA) is 80.5 Å². The minimum Gasteiger partial charge on any atom is -0.495 e. The van der Waals surface area contributed by atoms with Gasteiger partial charge >= 0.3 is 0 Å². The molecule has 3 rings (SSSR count). The van der Waals surface area contributed by atoms with Gasteiger partial charge in [0.05, 0.1) is 12.8 Å². The van der Waals surface area contributed by atoms with Crippen molar-refractivity contribution in [1.29, 1.82) is 0 Å². The number of ether oxygens (including phenoxy) is 1. The molecule has 7 heteroatoms. The van der Waals surface area contributed by atoms with Gasteiger partial charge in [-0.1, -0.05) is 12.1 Å². The summed E-state index contributed by atoms with van der Waals surface area (Å²) >= 11 is 0. The van der Waals surface area contributed by atoms with Gasteiger partial charge < -0.3 is 19.5 Å². The summed E-state index contributed by atoms with van der Waals surface area (Å²) in [7, 11) is 1.61. The highest BCUT2D eigenvalue weighted by Gasteiger charge is 2.25. The van der Waals surface area contributed by atoms with Crippen molar-refractivity contribution in [2.45, 2.75) is 45.6 Å².